The van der Waals surface area contributed by atoms with Crippen molar-refractivity contribution in [3.8, 4) is 0 Å². The first-order valence-corrected chi connectivity index (χ1v) is 6.52. The molecule has 0 spiro atoms. The molecular weight excluding hydrogens is 224 g/mol. The summed E-state index contributed by atoms with van der Waals surface area (Å²) in [5, 5.41) is 4.42. The second kappa shape index (κ2) is 4.25. The first kappa shape index (κ1) is 11.5. The van der Waals surface area contributed by atoms with Crippen LogP contribution in [0.4, 0.5) is 0 Å². The SMILES string of the molecule is CC1(C(=O)c2cc3ccccc3[nH]2)CCNCC1. The molecule has 1 aromatic carbocycles. The molecule has 1 fully saturated rings. The largest absolute Gasteiger partial charge is 0.352 e. The third-order valence-corrected chi connectivity index (χ3v) is 4.03. The van der Waals surface area contributed by atoms with Crippen molar-refractivity contribution >= 4 is 16.7 Å². The fourth-order valence-electron chi connectivity index (χ4n) is 2.73. The number of hydrogen-bond acceptors (Lipinski definition) is 2. The molecule has 2 N–H and O–H groups in total. The summed E-state index contributed by atoms with van der Waals surface area (Å²) in [7, 11) is 0. The number of piperidine rings is 1. The quantitative estimate of drug-likeness (QED) is 0.795. The minimum atomic E-state index is -0.216. The molecule has 0 bridgehead atoms. The van der Waals surface area contributed by atoms with Crippen molar-refractivity contribution in [1.82, 2.24) is 10.3 Å². The van der Waals surface area contributed by atoms with E-state index in [1.54, 1.807) is 0 Å². The van der Waals surface area contributed by atoms with Crippen LogP contribution in [0, 0.1) is 5.41 Å². The van der Waals surface area contributed by atoms with Gasteiger partial charge in [-0.25, -0.2) is 0 Å². The minimum Gasteiger partial charge on any atom is -0.352 e. The lowest BCUT2D eigenvalue weighted by Gasteiger charge is -2.32. The van der Waals surface area contributed by atoms with Crippen LogP contribution in [-0.2, 0) is 0 Å². The predicted molar refractivity (Wildman–Crippen MR) is 72.8 cm³/mol. The van der Waals surface area contributed by atoms with E-state index in [-0.39, 0.29) is 11.2 Å². The molecule has 2 heterocycles. The fraction of sp³-hybridized carbons (Fsp3) is 0.400. The number of rotatable bonds is 2. The zero-order chi connectivity index (χ0) is 12.6. The van der Waals surface area contributed by atoms with Crippen molar-refractivity contribution in [2.75, 3.05) is 13.1 Å². The fourth-order valence-corrected chi connectivity index (χ4v) is 2.73. The van der Waals surface area contributed by atoms with Gasteiger partial charge in [-0.2, -0.15) is 0 Å². The number of para-hydroxylation sites is 1. The molecule has 2 aromatic rings. The van der Waals surface area contributed by atoms with Crippen LogP contribution in [0.15, 0.2) is 30.3 Å². The molecule has 94 valence electrons. The molecule has 1 aliphatic heterocycles. The summed E-state index contributed by atoms with van der Waals surface area (Å²) in [6.45, 7) is 3.95. The van der Waals surface area contributed by atoms with Gasteiger partial charge in [0, 0.05) is 16.3 Å². The Morgan fingerprint density at radius 1 is 1.22 bits per heavy atom. The number of benzene rings is 1. The van der Waals surface area contributed by atoms with Gasteiger partial charge in [-0.05, 0) is 38.1 Å². The zero-order valence-corrected chi connectivity index (χ0v) is 10.6. The second-order valence-electron chi connectivity index (χ2n) is 5.41. The Labute approximate surface area is 107 Å². The Hall–Kier alpha value is -1.61. The van der Waals surface area contributed by atoms with Gasteiger partial charge < -0.3 is 10.3 Å². The number of ketones is 1. The zero-order valence-electron chi connectivity index (χ0n) is 10.6. The summed E-state index contributed by atoms with van der Waals surface area (Å²) in [4.78, 5) is 15.9. The van der Waals surface area contributed by atoms with Crippen LogP contribution in [0.3, 0.4) is 0 Å². The number of carbonyl (C=O) groups excluding carboxylic acids is 1. The monoisotopic (exact) mass is 242 g/mol. The average Bonchev–Trinajstić information content (AvgIpc) is 2.82. The van der Waals surface area contributed by atoms with Gasteiger partial charge in [0.05, 0.1) is 5.69 Å². The molecule has 1 aromatic heterocycles. The van der Waals surface area contributed by atoms with Gasteiger partial charge in [-0.15, -0.1) is 0 Å². The lowest BCUT2D eigenvalue weighted by molar-refractivity contribution is 0.0757. The maximum atomic E-state index is 12.6. The molecule has 0 saturated carbocycles. The number of H-pyrrole nitrogens is 1. The van der Waals surface area contributed by atoms with Gasteiger partial charge in [0.15, 0.2) is 5.78 Å². The number of fused-ring (bicyclic) bond motifs is 1. The van der Waals surface area contributed by atoms with Crippen molar-refractivity contribution in [3.05, 3.63) is 36.0 Å². The first-order chi connectivity index (χ1) is 8.69. The number of Topliss-reactive ketones (excluding diaryl/α,β-unsaturated/α-hetero) is 1. The molecule has 18 heavy (non-hydrogen) atoms. The van der Waals surface area contributed by atoms with Crippen LogP contribution in [-0.4, -0.2) is 23.9 Å². The summed E-state index contributed by atoms with van der Waals surface area (Å²) >= 11 is 0. The standard InChI is InChI=1S/C15H18N2O/c1-15(6-8-16-9-7-15)14(18)13-10-11-4-2-3-5-12(11)17-13/h2-5,10,16-17H,6-9H2,1H3. The number of nitrogens with one attached hydrogen (secondary N) is 2. The summed E-state index contributed by atoms with van der Waals surface area (Å²) in [6.07, 6.45) is 1.84. The average molecular weight is 242 g/mol. The van der Waals surface area contributed by atoms with E-state index in [9.17, 15) is 4.79 Å². The number of aromatic amines is 1. The molecule has 3 heteroatoms. The Morgan fingerprint density at radius 3 is 2.67 bits per heavy atom. The van der Waals surface area contributed by atoms with Crippen LogP contribution >= 0.6 is 0 Å². The van der Waals surface area contributed by atoms with E-state index in [0.29, 0.717) is 0 Å². The lowest BCUT2D eigenvalue weighted by atomic mass is 9.76. The van der Waals surface area contributed by atoms with Gasteiger partial charge in [0.25, 0.3) is 0 Å². The molecule has 3 rings (SSSR count). The van der Waals surface area contributed by atoms with Crippen LogP contribution < -0.4 is 5.32 Å². The third kappa shape index (κ3) is 1.85. The van der Waals surface area contributed by atoms with E-state index in [2.05, 4.69) is 17.2 Å². The highest BCUT2D eigenvalue weighted by Gasteiger charge is 2.35. The summed E-state index contributed by atoms with van der Waals surface area (Å²) in [5.74, 6) is 0.250. The minimum absolute atomic E-state index is 0.216. The van der Waals surface area contributed by atoms with Crippen LogP contribution in [0.1, 0.15) is 30.3 Å². The van der Waals surface area contributed by atoms with E-state index in [1.807, 2.05) is 30.3 Å². The molecule has 0 radical (unpaired) electrons. The van der Waals surface area contributed by atoms with Gasteiger partial charge in [0.1, 0.15) is 0 Å². The molecule has 0 unspecified atom stereocenters. The first-order valence-electron chi connectivity index (χ1n) is 6.52. The molecule has 0 atom stereocenters. The topological polar surface area (TPSA) is 44.9 Å². The third-order valence-electron chi connectivity index (χ3n) is 4.03. The second-order valence-corrected chi connectivity index (χ2v) is 5.41. The smallest absolute Gasteiger partial charge is 0.184 e. The number of aromatic nitrogens is 1. The van der Waals surface area contributed by atoms with Crippen molar-refractivity contribution in [3.63, 3.8) is 0 Å². The van der Waals surface area contributed by atoms with Crippen molar-refractivity contribution in [1.29, 1.82) is 0 Å². The van der Waals surface area contributed by atoms with Crippen LogP contribution in [0.2, 0.25) is 0 Å². The van der Waals surface area contributed by atoms with Gasteiger partial charge in [0.2, 0.25) is 0 Å². The highest BCUT2D eigenvalue weighted by atomic mass is 16.1. The van der Waals surface area contributed by atoms with Crippen molar-refractivity contribution < 1.29 is 4.79 Å². The summed E-state index contributed by atoms with van der Waals surface area (Å²) in [6, 6.07) is 10.0. The molecule has 1 aliphatic rings. The Bertz CT molecular complexity index is 546. The van der Waals surface area contributed by atoms with Gasteiger partial charge in [-0.1, -0.05) is 25.1 Å². The van der Waals surface area contributed by atoms with Gasteiger partial charge >= 0.3 is 0 Å². The highest BCUT2D eigenvalue weighted by Crippen LogP contribution is 2.32. The number of carbonyl (C=O) groups is 1. The Morgan fingerprint density at radius 2 is 1.94 bits per heavy atom. The van der Waals surface area contributed by atoms with E-state index in [1.165, 1.54) is 0 Å². The molecule has 1 saturated heterocycles. The van der Waals surface area contributed by atoms with Crippen LogP contribution in [0.5, 0.6) is 0 Å². The van der Waals surface area contributed by atoms with E-state index >= 15 is 0 Å². The molecule has 0 amide bonds. The van der Waals surface area contributed by atoms with E-state index in [4.69, 9.17) is 0 Å². The Balaban J connectivity index is 1.96. The maximum Gasteiger partial charge on any atom is 0.184 e. The summed E-state index contributed by atoms with van der Waals surface area (Å²) < 4.78 is 0. The van der Waals surface area contributed by atoms with Gasteiger partial charge in [-0.3, -0.25) is 4.79 Å². The van der Waals surface area contributed by atoms with Crippen molar-refractivity contribution in [2.24, 2.45) is 5.41 Å². The number of hydrogen-bond donors (Lipinski definition) is 2. The van der Waals surface area contributed by atoms with Crippen LogP contribution in [0.25, 0.3) is 10.9 Å². The van der Waals surface area contributed by atoms with E-state index < -0.39 is 0 Å². The van der Waals surface area contributed by atoms with E-state index in [0.717, 1.165) is 42.5 Å². The molecular formula is C15H18N2O. The Kier molecular flexibility index (Phi) is 2.71. The normalized spacial score (nSPS) is 18.9. The molecule has 3 nitrogen and oxygen atoms in total. The maximum absolute atomic E-state index is 12.6. The lowest BCUT2D eigenvalue weighted by Crippen LogP contribution is -2.40. The highest BCUT2D eigenvalue weighted by molar-refractivity contribution is 6.02. The summed E-state index contributed by atoms with van der Waals surface area (Å²) in [5.41, 5.74) is 1.57. The predicted octanol–water partition coefficient (Wildman–Crippen LogP) is 2.74. The molecule has 0 aliphatic carbocycles. The van der Waals surface area contributed by atoms with Crippen molar-refractivity contribution in [2.45, 2.75) is 19.8 Å².